The van der Waals surface area contributed by atoms with E-state index in [1.54, 1.807) is 11.8 Å². The van der Waals surface area contributed by atoms with E-state index in [1.165, 1.54) is 0 Å². The SMILES string of the molecule is COc1cccc(-n2nnc(C(=O)NC[C@@H](C)N3CCOCC3)c2C)c1. The van der Waals surface area contributed by atoms with Gasteiger partial charge in [-0.15, -0.1) is 5.10 Å². The first kappa shape index (κ1) is 18.3. The van der Waals surface area contributed by atoms with Gasteiger partial charge in [0, 0.05) is 31.7 Å². The molecule has 0 spiro atoms. The third-order valence-corrected chi connectivity index (χ3v) is 4.63. The molecule has 8 heteroatoms. The van der Waals surface area contributed by atoms with E-state index < -0.39 is 0 Å². The molecule has 1 aromatic carbocycles. The second-order valence-electron chi connectivity index (χ2n) is 6.34. The van der Waals surface area contributed by atoms with Crippen LogP contribution in [0, 0.1) is 6.92 Å². The molecule has 2 heterocycles. The van der Waals surface area contributed by atoms with Gasteiger partial charge in [0.15, 0.2) is 5.69 Å². The van der Waals surface area contributed by atoms with E-state index in [2.05, 4.69) is 27.5 Å². The average molecular weight is 359 g/mol. The molecule has 1 amide bonds. The topological polar surface area (TPSA) is 81.5 Å². The molecule has 1 fully saturated rings. The van der Waals surface area contributed by atoms with Gasteiger partial charge in [0.25, 0.3) is 5.91 Å². The van der Waals surface area contributed by atoms with Crippen LogP contribution in [-0.2, 0) is 4.74 Å². The highest BCUT2D eigenvalue weighted by molar-refractivity contribution is 5.93. The average Bonchev–Trinajstić information content (AvgIpc) is 3.08. The van der Waals surface area contributed by atoms with Crippen LogP contribution >= 0.6 is 0 Å². The maximum atomic E-state index is 12.5. The van der Waals surface area contributed by atoms with Crippen LogP contribution in [0.5, 0.6) is 5.75 Å². The molecule has 2 aromatic rings. The Hall–Kier alpha value is -2.45. The third kappa shape index (κ3) is 4.03. The van der Waals surface area contributed by atoms with Gasteiger partial charge in [0.2, 0.25) is 0 Å². The smallest absolute Gasteiger partial charge is 0.273 e. The zero-order valence-electron chi connectivity index (χ0n) is 15.4. The number of benzene rings is 1. The maximum absolute atomic E-state index is 12.5. The minimum absolute atomic E-state index is 0.211. The minimum atomic E-state index is -0.211. The van der Waals surface area contributed by atoms with Crippen molar-refractivity contribution in [3.05, 3.63) is 35.7 Å². The fourth-order valence-electron chi connectivity index (χ4n) is 3.00. The van der Waals surface area contributed by atoms with Crippen LogP contribution in [-0.4, -0.2) is 71.8 Å². The normalized spacial score (nSPS) is 16.3. The Labute approximate surface area is 153 Å². The van der Waals surface area contributed by atoms with Crippen molar-refractivity contribution in [2.75, 3.05) is 40.0 Å². The molecule has 1 atom stereocenters. The molecule has 8 nitrogen and oxygen atoms in total. The number of methoxy groups -OCH3 is 1. The van der Waals surface area contributed by atoms with Crippen molar-refractivity contribution in [2.24, 2.45) is 0 Å². The number of ether oxygens (including phenoxy) is 2. The molecule has 1 N–H and O–H groups in total. The summed E-state index contributed by atoms with van der Waals surface area (Å²) < 4.78 is 12.2. The fourth-order valence-corrected chi connectivity index (χ4v) is 3.00. The number of rotatable bonds is 6. The fraction of sp³-hybridized carbons (Fsp3) is 0.500. The first-order valence-electron chi connectivity index (χ1n) is 8.77. The second kappa shape index (κ2) is 8.29. The van der Waals surface area contributed by atoms with Crippen LogP contribution in [0.1, 0.15) is 23.1 Å². The summed E-state index contributed by atoms with van der Waals surface area (Å²) in [7, 11) is 1.61. The van der Waals surface area contributed by atoms with E-state index in [-0.39, 0.29) is 11.9 Å². The number of nitrogens with one attached hydrogen (secondary N) is 1. The van der Waals surface area contributed by atoms with Gasteiger partial charge < -0.3 is 14.8 Å². The van der Waals surface area contributed by atoms with Crippen molar-refractivity contribution in [1.29, 1.82) is 0 Å². The number of morpholine rings is 1. The predicted octanol–water partition coefficient (Wildman–Crippen LogP) is 1.03. The molecular formula is C18H25N5O3. The minimum Gasteiger partial charge on any atom is -0.497 e. The molecule has 1 aromatic heterocycles. The van der Waals surface area contributed by atoms with Crippen LogP contribution in [0.25, 0.3) is 5.69 Å². The zero-order chi connectivity index (χ0) is 18.5. The highest BCUT2D eigenvalue weighted by atomic mass is 16.5. The molecule has 0 saturated carbocycles. The van der Waals surface area contributed by atoms with E-state index >= 15 is 0 Å². The molecule has 0 unspecified atom stereocenters. The van der Waals surface area contributed by atoms with Crippen LogP contribution in [0.4, 0.5) is 0 Å². The summed E-state index contributed by atoms with van der Waals surface area (Å²) in [6, 6.07) is 7.72. The Morgan fingerprint density at radius 3 is 2.88 bits per heavy atom. The lowest BCUT2D eigenvalue weighted by Gasteiger charge is -2.32. The lowest BCUT2D eigenvalue weighted by molar-refractivity contribution is 0.0204. The van der Waals surface area contributed by atoms with Crippen LogP contribution in [0.3, 0.4) is 0 Å². The lowest BCUT2D eigenvalue weighted by atomic mass is 10.2. The van der Waals surface area contributed by atoms with E-state index in [4.69, 9.17) is 9.47 Å². The summed E-state index contributed by atoms with van der Waals surface area (Å²) >= 11 is 0. The predicted molar refractivity (Wildman–Crippen MR) is 96.8 cm³/mol. The molecule has 140 valence electrons. The van der Waals surface area contributed by atoms with Crippen LogP contribution < -0.4 is 10.1 Å². The summed E-state index contributed by atoms with van der Waals surface area (Å²) in [5.41, 5.74) is 1.83. The Bertz CT molecular complexity index is 755. The first-order valence-corrected chi connectivity index (χ1v) is 8.77. The summed E-state index contributed by atoms with van der Waals surface area (Å²) in [5, 5.41) is 11.1. The number of carbonyl (C=O) groups excluding carboxylic acids is 1. The van der Waals surface area contributed by atoms with Gasteiger partial charge in [-0.3, -0.25) is 9.69 Å². The number of hydrogen-bond donors (Lipinski definition) is 1. The van der Waals surface area contributed by atoms with Crippen molar-refractivity contribution in [1.82, 2.24) is 25.2 Å². The summed E-state index contributed by atoms with van der Waals surface area (Å²) in [4.78, 5) is 14.8. The summed E-state index contributed by atoms with van der Waals surface area (Å²) in [6.45, 7) is 7.76. The van der Waals surface area contributed by atoms with Gasteiger partial charge in [-0.2, -0.15) is 0 Å². The quantitative estimate of drug-likeness (QED) is 0.830. The molecule has 0 bridgehead atoms. The van der Waals surface area contributed by atoms with Crippen molar-refractivity contribution in [3.8, 4) is 11.4 Å². The zero-order valence-corrected chi connectivity index (χ0v) is 15.4. The van der Waals surface area contributed by atoms with Crippen molar-refractivity contribution >= 4 is 5.91 Å². The monoisotopic (exact) mass is 359 g/mol. The van der Waals surface area contributed by atoms with Gasteiger partial charge in [-0.1, -0.05) is 11.3 Å². The molecule has 1 aliphatic rings. The van der Waals surface area contributed by atoms with Gasteiger partial charge >= 0.3 is 0 Å². The van der Waals surface area contributed by atoms with Crippen molar-refractivity contribution in [3.63, 3.8) is 0 Å². The van der Waals surface area contributed by atoms with Crippen molar-refractivity contribution < 1.29 is 14.3 Å². The Morgan fingerprint density at radius 2 is 2.15 bits per heavy atom. The summed E-state index contributed by atoms with van der Waals surface area (Å²) in [6.07, 6.45) is 0. The highest BCUT2D eigenvalue weighted by Gasteiger charge is 2.21. The van der Waals surface area contributed by atoms with Crippen LogP contribution in [0.2, 0.25) is 0 Å². The van der Waals surface area contributed by atoms with E-state index in [0.717, 1.165) is 37.7 Å². The summed E-state index contributed by atoms with van der Waals surface area (Å²) in [5.74, 6) is 0.513. The van der Waals surface area contributed by atoms with Gasteiger partial charge in [0.05, 0.1) is 31.7 Å². The second-order valence-corrected chi connectivity index (χ2v) is 6.34. The van der Waals surface area contributed by atoms with Gasteiger partial charge in [-0.05, 0) is 26.0 Å². The largest absolute Gasteiger partial charge is 0.497 e. The Kier molecular flexibility index (Phi) is 5.85. The molecule has 0 radical (unpaired) electrons. The third-order valence-electron chi connectivity index (χ3n) is 4.63. The number of aromatic nitrogens is 3. The highest BCUT2D eigenvalue weighted by Crippen LogP contribution is 2.18. The molecular weight excluding hydrogens is 334 g/mol. The van der Waals surface area contributed by atoms with Crippen LogP contribution in [0.15, 0.2) is 24.3 Å². The Balaban J connectivity index is 1.65. The first-order chi connectivity index (χ1) is 12.6. The molecule has 1 aliphatic heterocycles. The van der Waals surface area contributed by atoms with Gasteiger partial charge in [-0.25, -0.2) is 4.68 Å². The number of carbonyl (C=O) groups is 1. The Morgan fingerprint density at radius 1 is 1.38 bits per heavy atom. The number of nitrogens with zero attached hydrogens (tertiary/aromatic N) is 4. The molecule has 26 heavy (non-hydrogen) atoms. The van der Waals surface area contributed by atoms with Gasteiger partial charge in [0.1, 0.15) is 5.75 Å². The van der Waals surface area contributed by atoms with Crippen molar-refractivity contribution in [2.45, 2.75) is 19.9 Å². The van der Waals surface area contributed by atoms with E-state index in [9.17, 15) is 4.79 Å². The molecule has 3 rings (SSSR count). The molecule has 0 aliphatic carbocycles. The van der Waals surface area contributed by atoms with E-state index in [1.807, 2.05) is 31.2 Å². The standard InChI is InChI=1S/C18H25N5O3/c1-13(22-7-9-26-10-8-22)12-19-18(24)17-14(2)23(21-20-17)15-5-4-6-16(11-15)25-3/h4-6,11,13H,7-10,12H2,1-3H3,(H,19,24)/t13-/m1/s1. The molecule has 1 saturated heterocycles. The number of hydrogen-bond acceptors (Lipinski definition) is 6. The number of amides is 1. The maximum Gasteiger partial charge on any atom is 0.273 e. The van der Waals surface area contributed by atoms with E-state index in [0.29, 0.717) is 17.9 Å². The lowest BCUT2D eigenvalue weighted by Crippen LogP contribution is -2.47.